The molecule has 0 bridgehead atoms. The van der Waals surface area contributed by atoms with Gasteiger partial charge in [-0.3, -0.25) is 0 Å². The van der Waals surface area contributed by atoms with Crippen LogP contribution in [-0.2, 0) is 0 Å². The Morgan fingerprint density at radius 3 is 1.96 bits per heavy atom. The van der Waals surface area contributed by atoms with Crippen LogP contribution in [0.1, 0.15) is 0 Å². The highest BCUT2D eigenvalue weighted by molar-refractivity contribution is 7.99. The minimum absolute atomic E-state index is 1.17. The van der Waals surface area contributed by atoms with E-state index >= 15 is 0 Å². The summed E-state index contributed by atoms with van der Waals surface area (Å²) in [5, 5.41) is 7.73. The molecule has 46 heavy (non-hydrogen) atoms. The lowest BCUT2D eigenvalue weighted by Gasteiger charge is -2.21. The summed E-state index contributed by atoms with van der Waals surface area (Å²) >= 11 is 1.88. The number of hydrogen-bond acceptors (Lipinski definition) is 1. The quantitative estimate of drug-likeness (QED) is 0.195. The van der Waals surface area contributed by atoms with E-state index < -0.39 is 0 Å². The number of para-hydroxylation sites is 1. The first-order chi connectivity index (χ1) is 22.8. The molecule has 1 aliphatic heterocycles. The Morgan fingerprint density at radius 1 is 0.370 bits per heavy atom. The zero-order valence-electron chi connectivity index (χ0n) is 24.9. The van der Waals surface area contributed by atoms with Crippen molar-refractivity contribution in [2.24, 2.45) is 0 Å². The van der Waals surface area contributed by atoms with Gasteiger partial charge in [-0.2, -0.15) is 0 Å². The molecule has 10 rings (SSSR count). The molecule has 9 aromatic rings. The van der Waals surface area contributed by atoms with E-state index in [4.69, 9.17) is 0 Å². The van der Waals surface area contributed by atoms with Crippen molar-refractivity contribution in [1.29, 1.82) is 0 Å². The fraction of sp³-hybridized carbons (Fsp3) is 0. The highest BCUT2D eigenvalue weighted by Crippen LogP contribution is 2.50. The van der Waals surface area contributed by atoms with E-state index in [1.54, 1.807) is 0 Å². The molecule has 1 nitrogen and oxygen atoms in total. The smallest absolute Gasteiger partial charge is 0.0547 e. The molecule has 0 N–H and O–H groups in total. The first kappa shape index (κ1) is 25.7. The van der Waals surface area contributed by atoms with Gasteiger partial charge in [-0.1, -0.05) is 127 Å². The maximum atomic E-state index is 2.42. The normalized spacial score (nSPS) is 12.3. The van der Waals surface area contributed by atoms with Crippen LogP contribution in [-0.4, -0.2) is 4.57 Å². The van der Waals surface area contributed by atoms with Gasteiger partial charge in [0.05, 0.1) is 11.0 Å². The van der Waals surface area contributed by atoms with Crippen LogP contribution in [0.4, 0.5) is 0 Å². The summed E-state index contributed by atoms with van der Waals surface area (Å²) in [6, 6.07) is 60.2. The van der Waals surface area contributed by atoms with Crippen LogP contribution in [0.5, 0.6) is 0 Å². The molecule has 0 atom stereocenters. The minimum Gasteiger partial charge on any atom is -0.309 e. The molecule has 0 unspecified atom stereocenters. The van der Waals surface area contributed by atoms with E-state index in [2.05, 4.69) is 168 Å². The second-order valence-corrected chi connectivity index (χ2v) is 13.2. The van der Waals surface area contributed by atoms with Gasteiger partial charge in [0.1, 0.15) is 0 Å². The number of aromatic nitrogens is 1. The van der Waals surface area contributed by atoms with Crippen LogP contribution >= 0.6 is 11.8 Å². The predicted octanol–water partition coefficient (Wildman–Crippen LogP) is 12.6. The Balaban J connectivity index is 1.22. The summed E-state index contributed by atoms with van der Waals surface area (Å²) in [5.74, 6) is 0. The number of rotatable bonds is 3. The molecule has 0 spiro atoms. The van der Waals surface area contributed by atoms with Crippen LogP contribution in [0.2, 0.25) is 0 Å². The number of fused-ring (bicyclic) bond motifs is 6. The zero-order chi connectivity index (χ0) is 30.2. The van der Waals surface area contributed by atoms with Crippen molar-refractivity contribution in [2.75, 3.05) is 0 Å². The van der Waals surface area contributed by atoms with E-state index in [-0.39, 0.29) is 0 Å². The lowest BCUT2D eigenvalue weighted by atomic mass is 9.91. The molecule has 0 saturated carbocycles. The van der Waals surface area contributed by atoms with E-state index in [0.29, 0.717) is 0 Å². The van der Waals surface area contributed by atoms with Crippen LogP contribution < -0.4 is 0 Å². The number of benzene rings is 8. The van der Waals surface area contributed by atoms with Crippen LogP contribution in [0.25, 0.3) is 82.4 Å². The number of nitrogens with zero attached hydrogens (tertiary/aromatic N) is 1. The van der Waals surface area contributed by atoms with Crippen molar-refractivity contribution in [1.82, 2.24) is 4.57 Å². The van der Waals surface area contributed by atoms with E-state index in [0.717, 1.165) is 0 Å². The molecule has 214 valence electrons. The van der Waals surface area contributed by atoms with Gasteiger partial charge in [0.15, 0.2) is 0 Å². The summed E-state index contributed by atoms with van der Waals surface area (Å²) < 4.78 is 2.42. The standard InChI is InChI=1S/C44H27NS/c1-2-15-32(16-3-1)45-39-21-10-18-34(43(39)38-26-28-11-4-5-12-29(28)27-40(38)45)31-14-8-13-30(25-31)33-23-24-42-44-36(33)19-9-20-37(44)35-17-6-7-22-41(35)46-42/h1-27H. The molecule has 8 aromatic carbocycles. The molecule has 0 amide bonds. The number of hydrogen-bond donors (Lipinski definition) is 0. The van der Waals surface area contributed by atoms with Crippen molar-refractivity contribution >= 4 is 55.1 Å². The van der Waals surface area contributed by atoms with Crippen molar-refractivity contribution < 1.29 is 0 Å². The third-order valence-corrected chi connectivity index (χ3v) is 10.7. The van der Waals surface area contributed by atoms with Crippen molar-refractivity contribution in [3.63, 3.8) is 0 Å². The summed E-state index contributed by atoms with van der Waals surface area (Å²) in [5.41, 5.74) is 11.3. The SMILES string of the molecule is c1ccc(-n2c3cc4ccccc4cc3c3c(-c4cccc(-c5ccc6c7c(cccc57)-c5ccccc5S6)c4)cccc32)cc1. The molecular weight excluding hydrogens is 575 g/mol. The Bertz CT molecular complexity index is 2660. The van der Waals surface area contributed by atoms with E-state index in [1.807, 2.05) is 11.8 Å². The second-order valence-electron chi connectivity index (χ2n) is 12.1. The average Bonchev–Trinajstić information content (AvgIpc) is 3.44. The monoisotopic (exact) mass is 601 g/mol. The molecule has 1 aliphatic rings. The van der Waals surface area contributed by atoms with Crippen LogP contribution in [0.3, 0.4) is 0 Å². The van der Waals surface area contributed by atoms with Gasteiger partial charge in [-0.15, -0.1) is 0 Å². The summed E-state index contributed by atoms with van der Waals surface area (Å²) in [6.07, 6.45) is 0. The molecular formula is C44H27NS. The molecule has 2 heteroatoms. The maximum absolute atomic E-state index is 2.42. The Kier molecular flexibility index (Phi) is 5.58. The largest absolute Gasteiger partial charge is 0.309 e. The van der Waals surface area contributed by atoms with Crippen molar-refractivity contribution in [3.8, 4) is 39.1 Å². The first-order valence-corrected chi connectivity index (χ1v) is 16.6. The summed E-state index contributed by atoms with van der Waals surface area (Å²) in [4.78, 5) is 2.66. The maximum Gasteiger partial charge on any atom is 0.0547 e. The van der Waals surface area contributed by atoms with Gasteiger partial charge in [0, 0.05) is 31.6 Å². The highest BCUT2D eigenvalue weighted by atomic mass is 32.2. The first-order valence-electron chi connectivity index (χ1n) is 15.8. The van der Waals surface area contributed by atoms with Crippen molar-refractivity contribution in [2.45, 2.75) is 9.79 Å². The molecule has 1 aromatic heterocycles. The lowest BCUT2D eigenvalue weighted by Crippen LogP contribution is -1.94. The predicted molar refractivity (Wildman–Crippen MR) is 196 cm³/mol. The second kappa shape index (κ2) is 9.97. The van der Waals surface area contributed by atoms with Gasteiger partial charge >= 0.3 is 0 Å². The molecule has 2 heterocycles. The van der Waals surface area contributed by atoms with Gasteiger partial charge in [0.2, 0.25) is 0 Å². The topological polar surface area (TPSA) is 4.93 Å². The van der Waals surface area contributed by atoms with E-state index in [9.17, 15) is 0 Å². The fourth-order valence-electron chi connectivity index (χ4n) is 7.54. The van der Waals surface area contributed by atoms with Crippen LogP contribution in [0, 0.1) is 0 Å². The van der Waals surface area contributed by atoms with Crippen LogP contribution in [0.15, 0.2) is 174 Å². The summed E-state index contributed by atoms with van der Waals surface area (Å²) in [7, 11) is 0. The third-order valence-electron chi connectivity index (χ3n) is 9.56. The van der Waals surface area contributed by atoms with E-state index in [1.165, 1.54) is 92.2 Å². The Morgan fingerprint density at radius 2 is 1.07 bits per heavy atom. The Hall–Kier alpha value is -5.57. The van der Waals surface area contributed by atoms with Gasteiger partial charge < -0.3 is 4.57 Å². The average molecular weight is 602 g/mol. The van der Waals surface area contributed by atoms with Gasteiger partial charge in [-0.25, -0.2) is 0 Å². The van der Waals surface area contributed by atoms with Gasteiger partial charge in [-0.05, 0) is 98.1 Å². The Labute approximate surface area is 271 Å². The van der Waals surface area contributed by atoms with Gasteiger partial charge in [0.25, 0.3) is 0 Å². The molecule has 0 aliphatic carbocycles. The minimum atomic E-state index is 1.17. The summed E-state index contributed by atoms with van der Waals surface area (Å²) in [6.45, 7) is 0. The van der Waals surface area contributed by atoms with Crippen molar-refractivity contribution in [3.05, 3.63) is 164 Å². The fourth-order valence-corrected chi connectivity index (χ4v) is 8.66. The third kappa shape index (κ3) is 3.77. The molecule has 0 fully saturated rings. The molecule has 0 radical (unpaired) electrons. The lowest BCUT2D eigenvalue weighted by molar-refractivity contribution is 1.18. The highest BCUT2D eigenvalue weighted by Gasteiger charge is 2.21. The zero-order valence-corrected chi connectivity index (χ0v) is 25.8. The molecule has 0 saturated heterocycles.